The summed E-state index contributed by atoms with van der Waals surface area (Å²) in [4.78, 5) is 11.5. The average Bonchev–Trinajstić information content (AvgIpc) is 2.30. The van der Waals surface area contributed by atoms with Gasteiger partial charge in [0.25, 0.3) is 5.56 Å². The molecule has 0 saturated carbocycles. The van der Waals surface area contributed by atoms with Gasteiger partial charge >= 0.3 is 0 Å². The molecule has 0 saturated heterocycles. The summed E-state index contributed by atoms with van der Waals surface area (Å²) >= 11 is 14.5. The van der Waals surface area contributed by atoms with Crippen molar-refractivity contribution in [1.29, 1.82) is 0 Å². The van der Waals surface area contributed by atoms with Crippen LogP contribution in [0.15, 0.2) is 27.5 Å². The topological polar surface area (TPSA) is 45.8 Å². The maximum Gasteiger partial charge on any atom is 0.272 e. The number of hydrogen-bond acceptors (Lipinski definition) is 2. The lowest BCUT2D eigenvalue weighted by molar-refractivity contribution is 0.630. The quantitative estimate of drug-likeness (QED) is 0.807. The first kappa shape index (κ1) is 12.5. The molecule has 1 aromatic heterocycles. The highest BCUT2D eigenvalue weighted by atomic mass is 79.9. The van der Waals surface area contributed by atoms with Gasteiger partial charge in [0, 0.05) is 10.0 Å². The monoisotopic (exact) mass is 336 g/mol. The van der Waals surface area contributed by atoms with Crippen LogP contribution in [0.3, 0.4) is 0 Å². The Morgan fingerprint density at radius 1 is 1.29 bits per heavy atom. The first-order chi connectivity index (χ1) is 8.00. The second-order valence-electron chi connectivity index (χ2n) is 3.16. The summed E-state index contributed by atoms with van der Waals surface area (Å²) in [6.07, 6.45) is 0. The predicted octanol–water partition coefficient (Wildman–Crippen LogP) is 3.65. The Morgan fingerprint density at radius 2 is 2.00 bits per heavy atom. The minimum absolute atomic E-state index is 0.0676. The van der Waals surface area contributed by atoms with E-state index in [0.29, 0.717) is 4.47 Å². The third-order valence-corrected chi connectivity index (χ3v) is 3.55. The largest absolute Gasteiger partial charge is 0.272 e. The lowest BCUT2D eigenvalue weighted by atomic mass is 10.1. The Morgan fingerprint density at radius 3 is 2.71 bits per heavy atom. The number of hydrogen-bond donors (Lipinski definition) is 1. The summed E-state index contributed by atoms with van der Waals surface area (Å²) in [6.45, 7) is 0. The van der Waals surface area contributed by atoms with Crippen LogP contribution in [0.2, 0.25) is 10.2 Å². The van der Waals surface area contributed by atoms with Crippen LogP contribution in [0.5, 0.6) is 0 Å². The van der Waals surface area contributed by atoms with Crippen LogP contribution >= 0.6 is 39.1 Å². The zero-order chi connectivity index (χ0) is 12.6. The van der Waals surface area contributed by atoms with Crippen molar-refractivity contribution in [2.24, 2.45) is 0 Å². The molecule has 0 atom stereocenters. The molecule has 1 aromatic carbocycles. The molecule has 0 bridgehead atoms. The van der Waals surface area contributed by atoms with Crippen LogP contribution < -0.4 is 5.56 Å². The fourth-order valence-electron chi connectivity index (χ4n) is 1.32. The molecule has 7 heteroatoms. The van der Waals surface area contributed by atoms with Crippen molar-refractivity contribution >= 4 is 39.1 Å². The first-order valence-electron chi connectivity index (χ1n) is 4.40. The van der Waals surface area contributed by atoms with Gasteiger partial charge < -0.3 is 0 Å². The van der Waals surface area contributed by atoms with Crippen LogP contribution in [0.1, 0.15) is 0 Å². The van der Waals surface area contributed by atoms with Crippen LogP contribution in [-0.4, -0.2) is 10.2 Å². The molecule has 1 heterocycles. The van der Waals surface area contributed by atoms with Crippen molar-refractivity contribution in [3.8, 4) is 11.1 Å². The van der Waals surface area contributed by atoms with Crippen molar-refractivity contribution in [2.75, 3.05) is 0 Å². The van der Waals surface area contributed by atoms with Gasteiger partial charge in [-0.05, 0) is 34.1 Å². The summed E-state index contributed by atoms with van der Waals surface area (Å²) in [5.41, 5.74) is -0.382. The minimum atomic E-state index is -0.686. The number of aromatic nitrogens is 2. The normalized spacial score (nSPS) is 10.6. The molecule has 0 amide bonds. The molecular formula is C10H4BrCl2FN2O. The fraction of sp³-hybridized carbons (Fsp3) is 0. The zero-order valence-electron chi connectivity index (χ0n) is 8.10. The summed E-state index contributed by atoms with van der Waals surface area (Å²) in [5.74, 6) is -0.686. The second kappa shape index (κ2) is 4.76. The number of halogens is 4. The van der Waals surface area contributed by atoms with Crippen LogP contribution in [-0.2, 0) is 0 Å². The number of nitrogens with one attached hydrogen (secondary N) is 1. The van der Waals surface area contributed by atoms with Crippen LogP contribution in [0.25, 0.3) is 11.1 Å². The standard InChI is InChI=1S/C10H4BrCl2FN2O/c11-6-2-1-4(9(14)8(6)13)5-3-7(12)15-16-10(5)17/h1-3H,(H,16,17). The van der Waals surface area contributed by atoms with E-state index in [1.807, 2.05) is 0 Å². The van der Waals surface area contributed by atoms with Crippen LogP contribution in [0.4, 0.5) is 4.39 Å². The second-order valence-corrected chi connectivity index (χ2v) is 4.78. The molecule has 0 radical (unpaired) electrons. The Bertz CT molecular complexity index is 645. The molecule has 0 fully saturated rings. The maximum atomic E-state index is 13.9. The van der Waals surface area contributed by atoms with Crippen molar-refractivity contribution in [3.05, 3.63) is 49.0 Å². The van der Waals surface area contributed by atoms with Crippen molar-refractivity contribution < 1.29 is 4.39 Å². The number of H-pyrrole nitrogens is 1. The van der Waals surface area contributed by atoms with Crippen molar-refractivity contribution in [1.82, 2.24) is 10.2 Å². The van der Waals surface area contributed by atoms with E-state index in [0.717, 1.165) is 0 Å². The van der Waals surface area contributed by atoms with Gasteiger partial charge in [-0.3, -0.25) is 4.79 Å². The molecule has 0 aliphatic rings. The minimum Gasteiger partial charge on any atom is -0.267 e. The zero-order valence-corrected chi connectivity index (χ0v) is 11.2. The fourth-order valence-corrected chi connectivity index (χ4v) is 1.94. The third kappa shape index (κ3) is 2.36. The van der Waals surface area contributed by atoms with Gasteiger partial charge in [-0.1, -0.05) is 23.2 Å². The molecule has 0 unspecified atom stereocenters. The van der Waals surface area contributed by atoms with Crippen molar-refractivity contribution in [2.45, 2.75) is 0 Å². The van der Waals surface area contributed by atoms with E-state index in [1.54, 1.807) is 6.07 Å². The SMILES string of the molecule is O=c1[nH]nc(Cl)cc1-c1ccc(Br)c(Cl)c1F. The Balaban J connectivity index is 2.73. The molecule has 2 aromatic rings. The molecule has 0 aliphatic carbocycles. The Kier molecular flexibility index (Phi) is 3.51. The molecule has 1 N–H and O–H groups in total. The van der Waals surface area contributed by atoms with E-state index in [-0.39, 0.29) is 21.3 Å². The van der Waals surface area contributed by atoms with Gasteiger partial charge in [0.15, 0.2) is 5.82 Å². The van der Waals surface area contributed by atoms with Gasteiger partial charge in [-0.15, -0.1) is 0 Å². The lowest BCUT2D eigenvalue weighted by Gasteiger charge is -2.05. The van der Waals surface area contributed by atoms with E-state index in [4.69, 9.17) is 23.2 Å². The molecular weight excluding hydrogens is 334 g/mol. The van der Waals surface area contributed by atoms with Crippen molar-refractivity contribution in [3.63, 3.8) is 0 Å². The molecule has 0 spiro atoms. The first-order valence-corrected chi connectivity index (χ1v) is 5.94. The highest BCUT2D eigenvalue weighted by molar-refractivity contribution is 9.10. The summed E-state index contributed by atoms with van der Waals surface area (Å²) < 4.78 is 14.3. The maximum absolute atomic E-state index is 13.9. The van der Waals surface area contributed by atoms with Gasteiger partial charge in [-0.2, -0.15) is 5.10 Å². The number of nitrogens with zero attached hydrogens (tertiary/aromatic N) is 1. The highest BCUT2D eigenvalue weighted by Crippen LogP contribution is 2.32. The van der Waals surface area contributed by atoms with E-state index in [1.165, 1.54) is 12.1 Å². The molecule has 17 heavy (non-hydrogen) atoms. The van der Waals surface area contributed by atoms with E-state index >= 15 is 0 Å². The molecule has 3 nitrogen and oxygen atoms in total. The van der Waals surface area contributed by atoms with Crippen LogP contribution in [0, 0.1) is 5.82 Å². The predicted molar refractivity (Wildman–Crippen MR) is 68.0 cm³/mol. The molecule has 2 rings (SSSR count). The third-order valence-electron chi connectivity index (χ3n) is 2.10. The van der Waals surface area contributed by atoms with E-state index < -0.39 is 11.4 Å². The summed E-state index contributed by atoms with van der Waals surface area (Å²) in [6, 6.07) is 4.27. The Hall–Kier alpha value is -0.910. The summed E-state index contributed by atoms with van der Waals surface area (Å²) in [5, 5.41) is 5.65. The summed E-state index contributed by atoms with van der Waals surface area (Å²) in [7, 11) is 0. The van der Waals surface area contributed by atoms with Gasteiger partial charge in [-0.25, -0.2) is 9.49 Å². The highest BCUT2D eigenvalue weighted by Gasteiger charge is 2.14. The Labute approximate surface area is 114 Å². The number of aromatic amines is 1. The van der Waals surface area contributed by atoms with Gasteiger partial charge in [0.2, 0.25) is 0 Å². The van der Waals surface area contributed by atoms with Gasteiger partial charge in [0.1, 0.15) is 5.15 Å². The molecule has 88 valence electrons. The smallest absolute Gasteiger partial charge is 0.267 e. The average molecular weight is 338 g/mol. The van der Waals surface area contributed by atoms with Gasteiger partial charge in [0.05, 0.1) is 10.6 Å². The number of rotatable bonds is 1. The van der Waals surface area contributed by atoms with E-state index in [9.17, 15) is 9.18 Å². The molecule has 0 aliphatic heterocycles. The lowest BCUT2D eigenvalue weighted by Crippen LogP contribution is -2.11. The number of benzene rings is 1. The van der Waals surface area contributed by atoms with E-state index in [2.05, 4.69) is 26.1 Å².